The third-order valence-corrected chi connectivity index (χ3v) is 2.61. The molecule has 0 aromatic rings. The highest BCUT2D eigenvalue weighted by atomic mass is 19.4. The Hall–Kier alpha value is -0.370. The SMILES string of the molecule is CN(CCCOCC(F)(F)F)CC1CNCCO1. The number of morpholine rings is 1. The Labute approximate surface area is 105 Å². The van der Waals surface area contributed by atoms with Crippen molar-refractivity contribution in [1.29, 1.82) is 0 Å². The van der Waals surface area contributed by atoms with Gasteiger partial charge in [0.1, 0.15) is 6.61 Å². The van der Waals surface area contributed by atoms with Gasteiger partial charge in [-0.15, -0.1) is 0 Å². The first kappa shape index (κ1) is 15.7. The molecule has 0 aromatic carbocycles. The van der Waals surface area contributed by atoms with E-state index in [-0.39, 0.29) is 12.7 Å². The quantitative estimate of drug-likeness (QED) is 0.696. The summed E-state index contributed by atoms with van der Waals surface area (Å²) in [6.07, 6.45) is -3.47. The Morgan fingerprint density at radius 3 is 2.83 bits per heavy atom. The van der Waals surface area contributed by atoms with Gasteiger partial charge in [0.15, 0.2) is 0 Å². The van der Waals surface area contributed by atoms with Crippen LogP contribution in [0.15, 0.2) is 0 Å². The van der Waals surface area contributed by atoms with E-state index in [9.17, 15) is 13.2 Å². The molecule has 4 nitrogen and oxygen atoms in total. The largest absolute Gasteiger partial charge is 0.411 e. The molecule has 1 fully saturated rings. The van der Waals surface area contributed by atoms with E-state index in [1.54, 1.807) is 0 Å². The van der Waals surface area contributed by atoms with E-state index in [4.69, 9.17) is 4.74 Å². The topological polar surface area (TPSA) is 33.7 Å². The maximum absolute atomic E-state index is 11.8. The molecule has 1 aliphatic heterocycles. The van der Waals surface area contributed by atoms with Crippen molar-refractivity contribution in [2.24, 2.45) is 0 Å². The van der Waals surface area contributed by atoms with Crippen molar-refractivity contribution in [2.75, 3.05) is 53.0 Å². The molecular weight excluding hydrogens is 249 g/mol. The number of nitrogens with one attached hydrogen (secondary N) is 1. The van der Waals surface area contributed by atoms with Crippen LogP contribution < -0.4 is 5.32 Å². The lowest BCUT2D eigenvalue weighted by Gasteiger charge is -2.27. The molecule has 18 heavy (non-hydrogen) atoms. The van der Waals surface area contributed by atoms with Crippen LogP contribution >= 0.6 is 0 Å². The summed E-state index contributed by atoms with van der Waals surface area (Å²) < 4.78 is 45.5. The summed E-state index contributed by atoms with van der Waals surface area (Å²) in [7, 11) is 1.93. The van der Waals surface area contributed by atoms with Gasteiger partial charge in [0.2, 0.25) is 0 Å². The minimum absolute atomic E-state index is 0.133. The van der Waals surface area contributed by atoms with Crippen molar-refractivity contribution in [3.05, 3.63) is 0 Å². The molecular formula is C11H21F3N2O2. The molecule has 0 amide bonds. The van der Waals surface area contributed by atoms with Crippen molar-refractivity contribution >= 4 is 0 Å². The van der Waals surface area contributed by atoms with Crippen LogP contribution in [0.4, 0.5) is 13.2 Å². The average molecular weight is 270 g/mol. The fourth-order valence-electron chi connectivity index (χ4n) is 1.80. The number of likely N-dealkylation sites (N-methyl/N-ethyl adjacent to an activating group) is 1. The van der Waals surface area contributed by atoms with Gasteiger partial charge in [0, 0.05) is 32.8 Å². The van der Waals surface area contributed by atoms with E-state index >= 15 is 0 Å². The predicted molar refractivity (Wildman–Crippen MR) is 61.6 cm³/mol. The third-order valence-electron chi connectivity index (χ3n) is 2.61. The van der Waals surface area contributed by atoms with E-state index < -0.39 is 12.8 Å². The molecule has 0 radical (unpaired) electrons. The van der Waals surface area contributed by atoms with Crippen LogP contribution in [0.2, 0.25) is 0 Å². The third kappa shape index (κ3) is 7.86. The van der Waals surface area contributed by atoms with Gasteiger partial charge in [-0.2, -0.15) is 13.2 Å². The number of halogens is 3. The van der Waals surface area contributed by atoms with Gasteiger partial charge in [-0.05, 0) is 13.5 Å². The molecule has 1 unspecified atom stereocenters. The summed E-state index contributed by atoms with van der Waals surface area (Å²) in [6, 6.07) is 0. The van der Waals surface area contributed by atoms with E-state index in [0.717, 1.165) is 19.6 Å². The van der Waals surface area contributed by atoms with Crippen molar-refractivity contribution < 1.29 is 22.6 Å². The first-order valence-electron chi connectivity index (χ1n) is 6.13. The molecule has 1 atom stereocenters. The van der Waals surface area contributed by atoms with E-state index in [0.29, 0.717) is 19.6 Å². The first-order valence-corrected chi connectivity index (χ1v) is 6.13. The van der Waals surface area contributed by atoms with Crippen LogP contribution in [0.1, 0.15) is 6.42 Å². The Kier molecular flexibility index (Phi) is 6.91. The average Bonchev–Trinajstić information content (AvgIpc) is 2.28. The molecule has 1 saturated heterocycles. The highest BCUT2D eigenvalue weighted by Crippen LogP contribution is 2.14. The number of alkyl halides is 3. The standard InChI is InChI=1S/C11H21F3N2O2/c1-16(8-10-7-15-3-6-18-10)4-2-5-17-9-11(12,13)14/h10,15H,2-9H2,1H3. The number of rotatable bonds is 7. The van der Waals surface area contributed by atoms with Crippen molar-refractivity contribution in [1.82, 2.24) is 10.2 Å². The Morgan fingerprint density at radius 2 is 2.22 bits per heavy atom. The molecule has 108 valence electrons. The minimum Gasteiger partial charge on any atom is -0.374 e. The van der Waals surface area contributed by atoms with Crippen molar-refractivity contribution in [3.63, 3.8) is 0 Å². The molecule has 0 bridgehead atoms. The first-order chi connectivity index (χ1) is 8.47. The Morgan fingerprint density at radius 1 is 1.44 bits per heavy atom. The second-order valence-electron chi connectivity index (χ2n) is 4.48. The lowest BCUT2D eigenvalue weighted by molar-refractivity contribution is -0.174. The lowest BCUT2D eigenvalue weighted by atomic mass is 10.3. The fraction of sp³-hybridized carbons (Fsp3) is 1.00. The molecule has 0 aliphatic carbocycles. The second-order valence-corrected chi connectivity index (χ2v) is 4.48. The van der Waals surface area contributed by atoms with Crippen LogP contribution in [0, 0.1) is 0 Å². The molecule has 0 spiro atoms. The molecule has 1 aliphatic rings. The zero-order valence-electron chi connectivity index (χ0n) is 10.6. The van der Waals surface area contributed by atoms with Gasteiger partial charge in [0.05, 0.1) is 12.7 Å². The molecule has 1 rings (SSSR count). The van der Waals surface area contributed by atoms with Gasteiger partial charge in [-0.3, -0.25) is 0 Å². The second kappa shape index (κ2) is 7.93. The molecule has 0 aromatic heterocycles. The Balaban J connectivity index is 1.97. The summed E-state index contributed by atoms with van der Waals surface area (Å²) in [5, 5.41) is 3.23. The van der Waals surface area contributed by atoms with Gasteiger partial charge in [0.25, 0.3) is 0 Å². The van der Waals surface area contributed by atoms with Crippen LogP contribution in [-0.2, 0) is 9.47 Å². The van der Waals surface area contributed by atoms with Gasteiger partial charge in [-0.1, -0.05) is 0 Å². The van der Waals surface area contributed by atoms with Gasteiger partial charge >= 0.3 is 6.18 Å². The van der Waals surface area contributed by atoms with Gasteiger partial charge in [-0.25, -0.2) is 0 Å². The molecule has 7 heteroatoms. The summed E-state index contributed by atoms with van der Waals surface area (Å²) in [4.78, 5) is 2.05. The van der Waals surface area contributed by atoms with Crippen LogP contribution in [0.25, 0.3) is 0 Å². The smallest absolute Gasteiger partial charge is 0.374 e. The van der Waals surface area contributed by atoms with E-state index in [1.165, 1.54) is 0 Å². The van der Waals surface area contributed by atoms with Crippen LogP contribution in [0.3, 0.4) is 0 Å². The minimum atomic E-state index is -4.23. The van der Waals surface area contributed by atoms with Crippen LogP contribution in [-0.4, -0.2) is 70.2 Å². The normalized spacial score (nSPS) is 21.5. The maximum Gasteiger partial charge on any atom is 0.411 e. The highest BCUT2D eigenvalue weighted by Gasteiger charge is 2.27. The summed E-state index contributed by atoms with van der Waals surface area (Å²) in [5.74, 6) is 0. The highest BCUT2D eigenvalue weighted by molar-refractivity contribution is 4.70. The van der Waals surface area contributed by atoms with E-state index in [2.05, 4.69) is 15.0 Å². The molecule has 1 N–H and O–H groups in total. The summed E-state index contributed by atoms with van der Waals surface area (Å²) >= 11 is 0. The fourth-order valence-corrected chi connectivity index (χ4v) is 1.80. The zero-order chi connectivity index (χ0) is 13.4. The maximum atomic E-state index is 11.8. The number of nitrogens with zero attached hydrogens (tertiary/aromatic N) is 1. The zero-order valence-corrected chi connectivity index (χ0v) is 10.6. The predicted octanol–water partition coefficient (Wildman–Crippen LogP) is 0.876. The molecule has 0 saturated carbocycles. The summed E-state index contributed by atoms with van der Waals surface area (Å²) in [5.41, 5.74) is 0. The number of ether oxygens (including phenoxy) is 2. The monoisotopic (exact) mass is 270 g/mol. The van der Waals surface area contributed by atoms with Crippen molar-refractivity contribution in [2.45, 2.75) is 18.7 Å². The number of hydrogen-bond acceptors (Lipinski definition) is 4. The number of hydrogen-bond donors (Lipinski definition) is 1. The lowest BCUT2D eigenvalue weighted by Crippen LogP contribution is -2.44. The van der Waals surface area contributed by atoms with Crippen molar-refractivity contribution in [3.8, 4) is 0 Å². The van der Waals surface area contributed by atoms with Gasteiger partial charge < -0.3 is 19.7 Å². The summed E-state index contributed by atoms with van der Waals surface area (Å²) in [6.45, 7) is 2.89. The molecule has 1 heterocycles. The van der Waals surface area contributed by atoms with E-state index in [1.807, 2.05) is 7.05 Å². The van der Waals surface area contributed by atoms with Crippen LogP contribution in [0.5, 0.6) is 0 Å². The Bertz CT molecular complexity index is 221.